The number of Topliss-reactive ketones (excluding diaryl/α,β-unsaturated/α-hetero) is 2. The van der Waals surface area contributed by atoms with Gasteiger partial charge < -0.3 is 121 Å². The number of carbonyl (C=O) groups is 6. The number of benzene rings is 6. The molecule has 78 heavy (non-hydrogen) atoms. The molecule has 408 valence electrons. The van der Waals surface area contributed by atoms with Crippen LogP contribution in [0.15, 0.2) is 72.7 Å². The molecule has 0 amide bonds. The second kappa shape index (κ2) is 20.3. The summed E-state index contributed by atoms with van der Waals surface area (Å²) in [5.74, 6) is -40.0. The van der Waals surface area contributed by atoms with Gasteiger partial charge >= 0.3 is 23.9 Å². The number of aromatic hydroxyl groups is 18. The SMILES string of the molecule is [2H]c1c(C(=O)OC2O[C@H](C(O)(C(=O)c3cc(O)c(O)c(O)c3)C(=O)c3cc(O)c(O)c(O)c3)[C@@H](OC(=O)c3cc(O)c(O)c(O)c3[2H])[C@H](OC(=O)c3cc(O)c(O)c(O)c3[2H])[C@H]2OC(=O)c2cc(O)c(O)c(O)c2[2H])cc(O)c(O)c1O. The molecule has 0 radical (unpaired) electrons. The molecule has 1 aliphatic heterocycles. The van der Waals surface area contributed by atoms with E-state index in [4.69, 9.17) is 29.2 Å². The average Bonchev–Trinajstić information content (AvgIpc) is 3.43. The number of ether oxygens (including phenoxy) is 5. The molecule has 6 aromatic carbocycles. The van der Waals surface area contributed by atoms with E-state index in [1.54, 1.807) is 0 Å². The lowest BCUT2D eigenvalue weighted by Gasteiger charge is -2.48. The smallest absolute Gasteiger partial charge is 0.340 e. The van der Waals surface area contributed by atoms with E-state index < -0.39 is 233 Å². The predicted octanol–water partition coefficient (Wildman–Crippen LogP) is 1.44. The molecular formula is C48H36O30. The van der Waals surface area contributed by atoms with Crippen LogP contribution < -0.4 is 0 Å². The van der Waals surface area contributed by atoms with Crippen LogP contribution in [0.3, 0.4) is 0 Å². The van der Waals surface area contributed by atoms with Gasteiger partial charge in [0.05, 0.1) is 27.7 Å². The van der Waals surface area contributed by atoms with Crippen molar-refractivity contribution in [3.63, 3.8) is 0 Å². The maximum absolute atomic E-state index is 15.2. The van der Waals surface area contributed by atoms with E-state index in [0.717, 1.165) is 0 Å². The zero-order valence-electron chi connectivity index (χ0n) is 42.0. The van der Waals surface area contributed by atoms with Crippen LogP contribution in [0, 0.1) is 0 Å². The Morgan fingerprint density at radius 1 is 0.346 bits per heavy atom. The fourth-order valence-electron chi connectivity index (χ4n) is 7.27. The van der Waals surface area contributed by atoms with Gasteiger partial charge in [0.25, 0.3) is 0 Å². The first-order valence-corrected chi connectivity index (χ1v) is 20.9. The molecule has 1 unspecified atom stereocenters. The quantitative estimate of drug-likeness (QED) is 0.0256. The summed E-state index contributed by atoms with van der Waals surface area (Å²) in [7, 11) is 0. The fourth-order valence-corrected chi connectivity index (χ4v) is 7.27. The average molecular weight is 1100 g/mol. The summed E-state index contributed by atoms with van der Waals surface area (Å²) in [6, 6.07) is -4.37. The molecule has 1 aliphatic rings. The molecule has 0 spiro atoms. The summed E-state index contributed by atoms with van der Waals surface area (Å²) >= 11 is 0. The van der Waals surface area contributed by atoms with Gasteiger partial charge in [0, 0.05) is 11.1 Å². The van der Waals surface area contributed by atoms with Gasteiger partial charge in [0.1, 0.15) is 6.10 Å². The number of rotatable bonds is 13. The van der Waals surface area contributed by atoms with Crippen LogP contribution in [0.4, 0.5) is 0 Å². The van der Waals surface area contributed by atoms with Crippen molar-refractivity contribution in [1.29, 1.82) is 0 Å². The fraction of sp³-hybridized carbons (Fsp3) is 0.125. The highest BCUT2D eigenvalue weighted by Crippen LogP contribution is 2.46. The Morgan fingerprint density at radius 3 is 0.872 bits per heavy atom. The summed E-state index contributed by atoms with van der Waals surface area (Å²) in [5, 5.41) is 199. The maximum atomic E-state index is 15.2. The molecule has 0 aliphatic carbocycles. The molecule has 30 nitrogen and oxygen atoms in total. The van der Waals surface area contributed by atoms with Crippen LogP contribution in [0.5, 0.6) is 103 Å². The predicted molar refractivity (Wildman–Crippen MR) is 244 cm³/mol. The van der Waals surface area contributed by atoms with Gasteiger partial charge in [-0.25, -0.2) is 19.2 Å². The van der Waals surface area contributed by atoms with Gasteiger partial charge in [-0.2, -0.15) is 0 Å². The number of hydrogen-bond acceptors (Lipinski definition) is 30. The van der Waals surface area contributed by atoms with E-state index >= 15 is 9.59 Å². The third-order valence-corrected chi connectivity index (χ3v) is 11.1. The summed E-state index contributed by atoms with van der Waals surface area (Å²) in [4.78, 5) is 88.0. The zero-order valence-corrected chi connectivity index (χ0v) is 38.0. The van der Waals surface area contributed by atoms with Crippen molar-refractivity contribution >= 4 is 35.4 Å². The Labute approximate surface area is 435 Å². The van der Waals surface area contributed by atoms with E-state index in [2.05, 4.69) is 0 Å². The van der Waals surface area contributed by atoms with E-state index in [-0.39, 0.29) is 48.5 Å². The minimum Gasteiger partial charge on any atom is -0.504 e. The van der Waals surface area contributed by atoms with Crippen molar-refractivity contribution in [2.75, 3.05) is 0 Å². The summed E-state index contributed by atoms with van der Waals surface area (Å²) in [6.07, 6.45) is -17.0. The molecule has 0 bridgehead atoms. The number of hydrogen-bond donors (Lipinski definition) is 19. The van der Waals surface area contributed by atoms with Crippen molar-refractivity contribution in [2.24, 2.45) is 0 Å². The molecule has 1 fully saturated rings. The second-order valence-corrected chi connectivity index (χ2v) is 16.2. The van der Waals surface area contributed by atoms with Crippen LogP contribution in [0.25, 0.3) is 0 Å². The first-order chi connectivity index (χ1) is 38.1. The van der Waals surface area contributed by atoms with Crippen molar-refractivity contribution in [2.45, 2.75) is 36.3 Å². The Morgan fingerprint density at radius 2 is 0.577 bits per heavy atom. The van der Waals surface area contributed by atoms with E-state index in [9.17, 15) is 116 Å². The third kappa shape index (κ3) is 9.97. The zero-order chi connectivity index (χ0) is 61.2. The Hall–Kier alpha value is -11.1. The lowest BCUT2D eigenvalue weighted by molar-refractivity contribution is -0.295. The van der Waals surface area contributed by atoms with Crippen LogP contribution in [0.1, 0.15) is 67.6 Å². The van der Waals surface area contributed by atoms with Gasteiger partial charge in [-0.1, -0.05) is 0 Å². The Bertz CT molecular complexity index is 3640. The highest BCUT2D eigenvalue weighted by Gasteiger charge is 2.65. The van der Waals surface area contributed by atoms with E-state index in [1.165, 1.54) is 0 Å². The van der Waals surface area contributed by atoms with Gasteiger partial charge in [-0.05, 0) is 72.7 Å². The maximum Gasteiger partial charge on any atom is 0.340 e. The molecule has 7 rings (SSSR count). The molecule has 30 heteroatoms. The van der Waals surface area contributed by atoms with Gasteiger partial charge in [-0.15, -0.1) is 0 Å². The molecule has 1 saturated heterocycles. The molecule has 5 atom stereocenters. The number of carbonyl (C=O) groups excluding carboxylic acids is 6. The lowest BCUT2D eigenvalue weighted by atomic mass is 9.76. The first kappa shape index (κ1) is 49.1. The van der Waals surface area contributed by atoms with E-state index in [0.29, 0.717) is 0 Å². The van der Waals surface area contributed by atoms with E-state index in [1.807, 2.05) is 0 Å². The van der Waals surface area contributed by atoms with Crippen LogP contribution in [0.2, 0.25) is 0 Å². The van der Waals surface area contributed by atoms with Gasteiger partial charge in [-0.3, -0.25) is 9.59 Å². The van der Waals surface area contributed by atoms with Gasteiger partial charge in [0.2, 0.25) is 29.6 Å². The molecule has 19 N–H and O–H groups in total. The monoisotopic (exact) mass is 1100 g/mol. The number of ketones is 2. The summed E-state index contributed by atoms with van der Waals surface area (Å²) < 4.78 is 60.9. The minimum absolute atomic E-state index is 0.170. The van der Waals surface area contributed by atoms with Crippen molar-refractivity contribution in [1.82, 2.24) is 0 Å². The molecule has 1 heterocycles. The molecule has 6 aromatic rings. The second-order valence-electron chi connectivity index (χ2n) is 16.2. The standard InChI is InChI=1S/C48H36O30/c49-19-1-13(2-20(50)31(19)61)40(67)48(73,41(68)14-3-21(51)32(62)22(52)4-14)42-38(75-44(70)16-7-25(55)34(64)26(56)8-16)37(74-43(69)15-5-23(53)33(63)24(54)6-15)39(76-45(71)17-9-27(57)35(65)28(58)10-17)47(77-42)78-46(72)18-11-29(59)36(66)30(60)12-18/h1-12,37-39,42,47,49-66,73H/t37-,38-,39+,42-,47?/m0/s1/i5D,7D,9D,11D. The highest BCUT2D eigenvalue weighted by atomic mass is 16.7. The molecular weight excluding hydrogens is 1060 g/mol. The highest BCUT2D eigenvalue weighted by molar-refractivity contribution is 6.23. The number of phenolic OH excluding ortho intramolecular Hbond substituents is 18. The Kier molecular flexibility index (Phi) is 12.8. The minimum atomic E-state index is -4.63. The number of aliphatic hydroxyl groups is 1. The lowest BCUT2D eigenvalue weighted by Crippen LogP contribution is -2.71. The normalized spacial score (nSPS) is 17.8. The van der Waals surface area contributed by atoms with Crippen molar-refractivity contribution < 1.29 is 155 Å². The van der Waals surface area contributed by atoms with Gasteiger partial charge in [0.15, 0.2) is 116 Å². The van der Waals surface area contributed by atoms with Crippen LogP contribution in [-0.2, 0) is 23.7 Å². The molecule has 0 aromatic heterocycles. The summed E-state index contributed by atoms with van der Waals surface area (Å²) in [6.45, 7) is 0. The first-order valence-electron chi connectivity index (χ1n) is 22.9. The van der Waals surface area contributed by atoms with Crippen molar-refractivity contribution in [3.05, 3.63) is 106 Å². The molecule has 0 saturated carbocycles. The third-order valence-electron chi connectivity index (χ3n) is 11.1. The largest absolute Gasteiger partial charge is 0.504 e. The Balaban J connectivity index is 1.62. The topological polar surface area (TPSA) is 533 Å². The van der Waals surface area contributed by atoms with Crippen LogP contribution in [-0.4, -0.2) is 169 Å². The number of esters is 4. The van der Waals surface area contributed by atoms with Crippen LogP contribution >= 0.6 is 0 Å². The summed E-state index contributed by atoms with van der Waals surface area (Å²) in [5.41, 5.74) is -12.9. The number of phenols is 18. The van der Waals surface area contributed by atoms with Crippen molar-refractivity contribution in [3.8, 4) is 103 Å².